The van der Waals surface area contributed by atoms with Crippen molar-refractivity contribution in [1.29, 1.82) is 0 Å². The van der Waals surface area contributed by atoms with E-state index in [1.54, 1.807) is 0 Å². The number of carbonyl (C=O) groups excluding carboxylic acids is 1. The van der Waals surface area contributed by atoms with Gasteiger partial charge in [-0.25, -0.2) is 0 Å². The first-order chi connectivity index (χ1) is 13.3. The van der Waals surface area contributed by atoms with E-state index in [1.807, 2.05) is 35.2 Å². The molecule has 0 spiro atoms. The van der Waals surface area contributed by atoms with Gasteiger partial charge < -0.3 is 19.7 Å². The van der Waals surface area contributed by atoms with Crippen LogP contribution in [0.25, 0.3) is 0 Å². The van der Waals surface area contributed by atoms with Crippen molar-refractivity contribution >= 4 is 5.91 Å². The van der Waals surface area contributed by atoms with Crippen LogP contribution >= 0.6 is 0 Å². The Balaban J connectivity index is 1.27. The standard InChI is InChI=1S/C22H26N2O3/c25-22-11-10-18(12-13-23-14-17-6-2-1-3-7-17)24(22)15-19-16-26-20-8-4-5-9-21(20)27-19/h1-9,18-19,23H,10-16H2/t18-,19+/m1/s1. The highest BCUT2D eigenvalue weighted by molar-refractivity contribution is 5.78. The normalized spacial score (nSPS) is 21.5. The molecule has 2 heterocycles. The number of nitrogens with zero attached hydrogens (tertiary/aromatic N) is 1. The molecular weight excluding hydrogens is 340 g/mol. The van der Waals surface area contributed by atoms with Crippen LogP contribution in [0.3, 0.4) is 0 Å². The first-order valence-electron chi connectivity index (χ1n) is 9.72. The zero-order chi connectivity index (χ0) is 18.5. The van der Waals surface area contributed by atoms with E-state index >= 15 is 0 Å². The van der Waals surface area contributed by atoms with Gasteiger partial charge in [0, 0.05) is 19.0 Å². The van der Waals surface area contributed by atoms with Crippen LogP contribution in [0.1, 0.15) is 24.8 Å². The Bertz CT molecular complexity index is 765. The molecule has 0 bridgehead atoms. The summed E-state index contributed by atoms with van der Waals surface area (Å²) in [6.45, 7) is 2.84. The lowest BCUT2D eigenvalue weighted by Crippen LogP contribution is -2.45. The number of para-hydroxylation sites is 2. The van der Waals surface area contributed by atoms with E-state index in [9.17, 15) is 4.79 Å². The highest BCUT2D eigenvalue weighted by Gasteiger charge is 2.34. The molecule has 2 aliphatic rings. The number of hydrogen-bond acceptors (Lipinski definition) is 4. The molecule has 1 fully saturated rings. The Morgan fingerprint density at radius 1 is 1.04 bits per heavy atom. The predicted molar refractivity (Wildman–Crippen MR) is 104 cm³/mol. The van der Waals surface area contributed by atoms with Gasteiger partial charge >= 0.3 is 0 Å². The number of ether oxygens (including phenoxy) is 2. The Kier molecular flexibility index (Phi) is 5.58. The van der Waals surface area contributed by atoms with Gasteiger partial charge in [-0.3, -0.25) is 4.79 Å². The zero-order valence-electron chi connectivity index (χ0n) is 15.5. The third kappa shape index (κ3) is 4.42. The van der Waals surface area contributed by atoms with Crippen molar-refractivity contribution < 1.29 is 14.3 Å². The lowest BCUT2D eigenvalue weighted by Gasteiger charge is -2.32. The van der Waals surface area contributed by atoms with Gasteiger partial charge in [-0.05, 0) is 37.1 Å². The highest BCUT2D eigenvalue weighted by Crippen LogP contribution is 2.32. The molecule has 2 atom stereocenters. The number of benzene rings is 2. The summed E-state index contributed by atoms with van der Waals surface area (Å²) in [7, 11) is 0. The Morgan fingerprint density at radius 3 is 2.67 bits per heavy atom. The van der Waals surface area contributed by atoms with Gasteiger partial charge in [-0.2, -0.15) is 0 Å². The Labute approximate surface area is 160 Å². The summed E-state index contributed by atoms with van der Waals surface area (Å²) in [6, 6.07) is 18.4. The molecule has 5 nitrogen and oxygen atoms in total. The van der Waals surface area contributed by atoms with Gasteiger partial charge in [0.1, 0.15) is 6.61 Å². The van der Waals surface area contributed by atoms with Crippen molar-refractivity contribution in [2.75, 3.05) is 19.7 Å². The molecule has 0 radical (unpaired) electrons. The largest absolute Gasteiger partial charge is 0.486 e. The van der Waals surface area contributed by atoms with Crippen molar-refractivity contribution in [3.63, 3.8) is 0 Å². The molecular formula is C22H26N2O3. The molecule has 0 aromatic heterocycles. The summed E-state index contributed by atoms with van der Waals surface area (Å²) < 4.78 is 11.8. The summed E-state index contributed by atoms with van der Waals surface area (Å²) in [6.07, 6.45) is 2.41. The van der Waals surface area contributed by atoms with Crippen LogP contribution in [-0.2, 0) is 11.3 Å². The van der Waals surface area contributed by atoms with Crippen molar-refractivity contribution in [2.24, 2.45) is 0 Å². The highest BCUT2D eigenvalue weighted by atomic mass is 16.6. The smallest absolute Gasteiger partial charge is 0.223 e. The second kappa shape index (κ2) is 8.44. The number of hydrogen-bond donors (Lipinski definition) is 1. The lowest BCUT2D eigenvalue weighted by molar-refractivity contribution is -0.130. The molecule has 27 heavy (non-hydrogen) atoms. The molecule has 1 amide bonds. The van der Waals surface area contributed by atoms with Gasteiger partial charge in [0.05, 0.1) is 6.54 Å². The Morgan fingerprint density at radius 2 is 1.81 bits per heavy atom. The van der Waals surface area contributed by atoms with Gasteiger partial charge in [0.2, 0.25) is 5.91 Å². The van der Waals surface area contributed by atoms with Crippen molar-refractivity contribution in [2.45, 2.75) is 38.0 Å². The molecule has 2 aliphatic heterocycles. The van der Waals surface area contributed by atoms with E-state index in [4.69, 9.17) is 9.47 Å². The maximum Gasteiger partial charge on any atom is 0.223 e. The molecule has 2 aromatic rings. The lowest BCUT2D eigenvalue weighted by atomic mass is 10.1. The topological polar surface area (TPSA) is 50.8 Å². The first-order valence-corrected chi connectivity index (χ1v) is 9.72. The van der Waals surface area contributed by atoms with Crippen LogP contribution in [0.2, 0.25) is 0 Å². The molecule has 2 aromatic carbocycles. The summed E-state index contributed by atoms with van der Waals surface area (Å²) in [5.41, 5.74) is 1.28. The summed E-state index contributed by atoms with van der Waals surface area (Å²) in [4.78, 5) is 14.4. The number of fused-ring (bicyclic) bond motifs is 1. The maximum absolute atomic E-state index is 12.4. The average Bonchev–Trinajstić information content (AvgIpc) is 3.05. The first kappa shape index (κ1) is 17.9. The molecule has 1 saturated heterocycles. The fourth-order valence-electron chi connectivity index (χ4n) is 3.81. The van der Waals surface area contributed by atoms with Crippen LogP contribution in [0, 0.1) is 0 Å². The quantitative estimate of drug-likeness (QED) is 0.766. The molecule has 0 unspecified atom stereocenters. The monoisotopic (exact) mass is 366 g/mol. The molecule has 4 rings (SSSR count). The number of carbonyl (C=O) groups is 1. The van der Waals surface area contributed by atoms with E-state index in [1.165, 1.54) is 5.56 Å². The van der Waals surface area contributed by atoms with Gasteiger partial charge in [-0.1, -0.05) is 42.5 Å². The van der Waals surface area contributed by atoms with E-state index < -0.39 is 0 Å². The van der Waals surface area contributed by atoms with Crippen molar-refractivity contribution in [3.05, 3.63) is 60.2 Å². The van der Waals surface area contributed by atoms with E-state index in [2.05, 4.69) is 29.6 Å². The fourth-order valence-corrected chi connectivity index (χ4v) is 3.81. The minimum Gasteiger partial charge on any atom is -0.486 e. The van der Waals surface area contributed by atoms with Crippen LogP contribution in [0.15, 0.2) is 54.6 Å². The molecule has 142 valence electrons. The second-order valence-electron chi connectivity index (χ2n) is 7.19. The average molecular weight is 366 g/mol. The molecule has 0 saturated carbocycles. The predicted octanol–water partition coefficient (Wildman–Crippen LogP) is 3.00. The number of nitrogens with one attached hydrogen (secondary N) is 1. The van der Waals surface area contributed by atoms with Gasteiger partial charge in [-0.15, -0.1) is 0 Å². The summed E-state index contributed by atoms with van der Waals surface area (Å²) in [5.74, 6) is 1.77. The van der Waals surface area contributed by atoms with Gasteiger partial charge in [0.25, 0.3) is 0 Å². The van der Waals surface area contributed by atoms with Crippen molar-refractivity contribution in [3.8, 4) is 11.5 Å². The third-order valence-electron chi connectivity index (χ3n) is 5.25. The molecule has 1 N–H and O–H groups in total. The van der Waals surface area contributed by atoms with E-state index in [-0.39, 0.29) is 18.1 Å². The Hall–Kier alpha value is -2.53. The fraction of sp³-hybridized carbons (Fsp3) is 0.409. The van der Waals surface area contributed by atoms with Crippen LogP contribution in [0.4, 0.5) is 0 Å². The van der Waals surface area contributed by atoms with E-state index in [0.717, 1.165) is 37.4 Å². The van der Waals surface area contributed by atoms with Gasteiger partial charge in [0.15, 0.2) is 17.6 Å². The molecule has 5 heteroatoms. The minimum atomic E-state index is -0.110. The summed E-state index contributed by atoms with van der Waals surface area (Å²) >= 11 is 0. The maximum atomic E-state index is 12.4. The third-order valence-corrected chi connectivity index (χ3v) is 5.25. The number of rotatable bonds is 7. The molecule has 0 aliphatic carbocycles. The minimum absolute atomic E-state index is 0.110. The summed E-state index contributed by atoms with van der Waals surface area (Å²) in [5, 5.41) is 3.49. The number of likely N-dealkylation sites (tertiary alicyclic amines) is 1. The van der Waals surface area contributed by atoms with E-state index in [0.29, 0.717) is 19.6 Å². The number of amides is 1. The van der Waals surface area contributed by atoms with Crippen LogP contribution in [0.5, 0.6) is 11.5 Å². The van der Waals surface area contributed by atoms with Crippen molar-refractivity contribution in [1.82, 2.24) is 10.2 Å². The zero-order valence-corrected chi connectivity index (χ0v) is 15.5. The van der Waals surface area contributed by atoms with Crippen LogP contribution < -0.4 is 14.8 Å². The van der Waals surface area contributed by atoms with Crippen LogP contribution in [-0.4, -0.2) is 42.6 Å². The SMILES string of the molecule is O=C1CC[C@H](CCNCc2ccccc2)N1C[C@H]1COc2ccccc2O1. The second-order valence-corrected chi connectivity index (χ2v) is 7.19.